The molecule has 0 unspecified atom stereocenters. The summed E-state index contributed by atoms with van der Waals surface area (Å²) in [5, 5.41) is 9.76. The van der Waals surface area contributed by atoms with E-state index in [0.29, 0.717) is 18.2 Å². The highest BCUT2D eigenvalue weighted by atomic mass is 16.5. The van der Waals surface area contributed by atoms with Gasteiger partial charge in [0, 0.05) is 11.6 Å². The minimum absolute atomic E-state index is 0.334. The maximum atomic E-state index is 9.76. The molecule has 0 aliphatic rings. The molecule has 0 aliphatic heterocycles. The number of pyridine rings is 1. The number of benzene rings is 1. The smallest absolute Gasteiger partial charge is 0.213 e. The summed E-state index contributed by atoms with van der Waals surface area (Å²) in [7, 11) is 1.58. The fraction of sp³-hybridized carbons (Fsp3) is 0.312. The van der Waals surface area contributed by atoms with Crippen molar-refractivity contribution in [1.82, 2.24) is 4.98 Å². The van der Waals surface area contributed by atoms with Crippen molar-refractivity contribution < 1.29 is 14.6 Å². The number of rotatable bonds is 5. The average molecular weight is 273 g/mol. The number of aryl methyl sites for hydroxylation is 1. The van der Waals surface area contributed by atoms with E-state index in [1.807, 2.05) is 37.3 Å². The van der Waals surface area contributed by atoms with Gasteiger partial charge in [-0.1, -0.05) is 18.2 Å². The van der Waals surface area contributed by atoms with E-state index < -0.39 is 6.10 Å². The van der Waals surface area contributed by atoms with Gasteiger partial charge in [0.2, 0.25) is 5.88 Å². The zero-order chi connectivity index (χ0) is 14.5. The fourth-order valence-electron chi connectivity index (χ4n) is 1.92. The minimum atomic E-state index is -0.566. The first-order valence-electron chi connectivity index (χ1n) is 6.51. The molecule has 0 bridgehead atoms. The Labute approximate surface area is 119 Å². The summed E-state index contributed by atoms with van der Waals surface area (Å²) in [6.07, 6.45) is -0.566. The number of aromatic nitrogens is 1. The van der Waals surface area contributed by atoms with Crippen LogP contribution in [-0.2, 0) is 6.61 Å². The lowest BCUT2D eigenvalue weighted by atomic mass is 10.1. The summed E-state index contributed by atoms with van der Waals surface area (Å²) in [5.41, 5.74) is 2.64. The van der Waals surface area contributed by atoms with Gasteiger partial charge in [-0.05, 0) is 31.5 Å². The molecule has 0 spiro atoms. The lowest BCUT2D eigenvalue weighted by Gasteiger charge is -2.14. The molecule has 2 aromatic rings. The van der Waals surface area contributed by atoms with E-state index in [1.54, 1.807) is 20.1 Å². The summed E-state index contributed by atoms with van der Waals surface area (Å²) in [6.45, 7) is 4.05. The Kier molecular flexibility index (Phi) is 4.58. The number of hydrogen-bond acceptors (Lipinski definition) is 4. The van der Waals surface area contributed by atoms with Gasteiger partial charge in [-0.2, -0.15) is 0 Å². The SMILES string of the molecule is COc1cccc(COc2cc(C)ccc2[C@H](C)O)n1. The number of methoxy groups -OCH3 is 1. The van der Waals surface area contributed by atoms with Crippen LogP contribution in [0.25, 0.3) is 0 Å². The maximum absolute atomic E-state index is 9.76. The van der Waals surface area contributed by atoms with Crippen LogP contribution in [0, 0.1) is 6.92 Å². The van der Waals surface area contributed by atoms with Gasteiger partial charge >= 0.3 is 0 Å². The Hall–Kier alpha value is -2.07. The van der Waals surface area contributed by atoms with Crippen LogP contribution in [0.1, 0.15) is 29.8 Å². The largest absolute Gasteiger partial charge is 0.487 e. The molecular weight excluding hydrogens is 254 g/mol. The molecule has 0 aliphatic carbocycles. The van der Waals surface area contributed by atoms with Crippen molar-refractivity contribution in [2.75, 3.05) is 7.11 Å². The molecule has 1 heterocycles. The van der Waals surface area contributed by atoms with Crippen molar-refractivity contribution in [3.63, 3.8) is 0 Å². The van der Waals surface area contributed by atoms with Crippen molar-refractivity contribution in [2.45, 2.75) is 26.6 Å². The fourth-order valence-corrected chi connectivity index (χ4v) is 1.92. The predicted octanol–water partition coefficient (Wildman–Crippen LogP) is 3.03. The summed E-state index contributed by atoms with van der Waals surface area (Å²) >= 11 is 0. The number of aliphatic hydroxyl groups excluding tert-OH is 1. The third-order valence-corrected chi connectivity index (χ3v) is 2.99. The third kappa shape index (κ3) is 3.48. The van der Waals surface area contributed by atoms with Gasteiger partial charge in [-0.15, -0.1) is 0 Å². The molecule has 0 fully saturated rings. The molecule has 1 aromatic carbocycles. The van der Waals surface area contributed by atoms with Gasteiger partial charge in [0.05, 0.1) is 18.9 Å². The lowest BCUT2D eigenvalue weighted by molar-refractivity contribution is 0.189. The minimum Gasteiger partial charge on any atom is -0.487 e. The molecule has 1 atom stereocenters. The van der Waals surface area contributed by atoms with E-state index >= 15 is 0 Å². The molecular formula is C16H19NO3. The summed E-state index contributed by atoms with van der Waals surface area (Å²) < 4.78 is 10.9. The molecule has 0 radical (unpaired) electrons. The van der Waals surface area contributed by atoms with Gasteiger partial charge in [0.1, 0.15) is 12.4 Å². The molecule has 106 valence electrons. The Bertz CT molecular complexity index is 582. The Morgan fingerprint density at radius 1 is 1.25 bits per heavy atom. The number of nitrogens with zero attached hydrogens (tertiary/aromatic N) is 1. The number of aliphatic hydroxyl groups is 1. The topological polar surface area (TPSA) is 51.6 Å². The monoisotopic (exact) mass is 273 g/mol. The van der Waals surface area contributed by atoms with E-state index in [9.17, 15) is 5.11 Å². The second kappa shape index (κ2) is 6.39. The second-order valence-electron chi connectivity index (χ2n) is 4.68. The molecule has 4 nitrogen and oxygen atoms in total. The van der Waals surface area contributed by atoms with E-state index in [1.165, 1.54) is 0 Å². The van der Waals surface area contributed by atoms with Crippen molar-refractivity contribution >= 4 is 0 Å². The van der Waals surface area contributed by atoms with Gasteiger partial charge in [0.15, 0.2) is 0 Å². The quantitative estimate of drug-likeness (QED) is 0.909. The summed E-state index contributed by atoms with van der Waals surface area (Å²) in [6, 6.07) is 11.3. The van der Waals surface area contributed by atoms with Crippen LogP contribution in [-0.4, -0.2) is 17.2 Å². The molecule has 20 heavy (non-hydrogen) atoms. The van der Waals surface area contributed by atoms with Crippen LogP contribution in [0.2, 0.25) is 0 Å². The van der Waals surface area contributed by atoms with E-state index in [4.69, 9.17) is 9.47 Å². The lowest BCUT2D eigenvalue weighted by Crippen LogP contribution is -2.03. The first-order valence-corrected chi connectivity index (χ1v) is 6.51. The normalized spacial score (nSPS) is 12.0. The van der Waals surface area contributed by atoms with Crippen molar-refractivity contribution in [1.29, 1.82) is 0 Å². The Morgan fingerprint density at radius 2 is 2.05 bits per heavy atom. The molecule has 2 rings (SSSR count). The van der Waals surface area contributed by atoms with E-state index in [0.717, 1.165) is 16.8 Å². The molecule has 1 aromatic heterocycles. The van der Waals surface area contributed by atoms with Crippen LogP contribution in [0.4, 0.5) is 0 Å². The summed E-state index contributed by atoms with van der Waals surface area (Å²) in [4.78, 5) is 4.29. The number of hydrogen-bond donors (Lipinski definition) is 1. The van der Waals surface area contributed by atoms with E-state index in [2.05, 4.69) is 4.98 Å². The van der Waals surface area contributed by atoms with Crippen molar-refractivity contribution in [2.24, 2.45) is 0 Å². The van der Waals surface area contributed by atoms with Crippen molar-refractivity contribution in [3.8, 4) is 11.6 Å². The Morgan fingerprint density at radius 3 is 2.75 bits per heavy atom. The van der Waals surface area contributed by atoms with Gasteiger partial charge in [-0.25, -0.2) is 4.98 Å². The van der Waals surface area contributed by atoms with Crippen LogP contribution < -0.4 is 9.47 Å². The molecule has 1 N–H and O–H groups in total. The first-order chi connectivity index (χ1) is 9.60. The van der Waals surface area contributed by atoms with Crippen LogP contribution in [0.3, 0.4) is 0 Å². The molecule has 0 saturated carbocycles. The third-order valence-electron chi connectivity index (χ3n) is 2.99. The standard InChI is InChI=1S/C16H19NO3/c1-11-7-8-14(12(2)18)15(9-11)20-10-13-5-4-6-16(17-13)19-3/h4-9,12,18H,10H2,1-3H3/t12-/m0/s1. The highest BCUT2D eigenvalue weighted by Gasteiger charge is 2.10. The zero-order valence-electron chi connectivity index (χ0n) is 12.0. The first kappa shape index (κ1) is 14.3. The number of ether oxygens (including phenoxy) is 2. The van der Waals surface area contributed by atoms with Crippen LogP contribution in [0.5, 0.6) is 11.6 Å². The molecule has 4 heteroatoms. The Balaban J connectivity index is 2.15. The highest BCUT2D eigenvalue weighted by molar-refractivity contribution is 5.38. The van der Waals surface area contributed by atoms with Crippen LogP contribution in [0.15, 0.2) is 36.4 Å². The average Bonchev–Trinajstić information content (AvgIpc) is 2.45. The zero-order valence-corrected chi connectivity index (χ0v) is 12.0. The molecule has 0 amide bonds. The maximum Gasteiger partial charge on any atom is 0.213 e. The van der Waals surface area contributed by atoms with Crippen LogP contribution >= 0.6 is 0 Å². The van der Waals surface area contributed by atoms with Gasteiger partial charge in [0.25, 0.3) is 0 Å². The molecule has 0 saturated heterocycles. The second-order valence-corrected chi connectivity index (χ2v) is 4.68. The van der Waals surface area contributed by atoms with Gasteiger partial charge in [-0.3, -0.25) is 0 Å². The predicted molar refractivity (Wildman–Crippen MR) is 76.9 cm³/mol. The van der Waals surface area contributed by atoms with Crippen molar-refractivity contribution in [3.05, 3.63) is 53.2 Å². The highest BCUT2D eigenvalue weighted by Crippen LogP contribution is 2.27. The summed E-state index contributed by atoms with van der Waals surface area (Å²) in [5.74, 6) is 1.25. The van der Waals surface area contributed by atoms with Gasteiger partial charge < -0.3 is 14.6 Å². The van der Waals surface area contributed by atoms with E-state index in [-0.39, 0.29) is 0 Å².